The molecular weight excluding hydrogens is 320 g/mol. The molecule has 1 aliphatic rings. The number of nitrogens with one attached hydrogen (secondary N) is 2. The molecule has 0 unspecified atom stereocenters. The van der Waals surface area contributed by atoms with Gasteiger partial charge in [0.2, 0.25) is 0 Å². The molecule has 3 rings (SSSR count). The number of carbonyl (C=O) groups excluding carboxylic acids is 1. The van der Waals surface area contributed by atoms with Crippen LogP contribution in [0.1, 0.15) is 36.3 Å². The van der Waals surface area contributed by atoms with Crippen LogP contribution in [-0.4, -0.2) is 34.3 Å². The zero-order chi connectivity index (χ0) is 17.8. The molecule has 0 spiro atoms. The first-order valence-electron chi connectivity index (χ1n) is 8.31. The highest BCUT2D eigenvalue weighted by molar-refractivity contribution is 5.88. The molecule has 2 aromatic heterocycles. The summed E-state index contributed by atoms with van der Waals surface area (Å²) in [5, 5.41) is 15.0. The van der Waals surface area contributed by atoms with E-state index in [1.54, 1.807) is 31.7 Å². The number of hydrogen-bond acceptors (Lipinski definition) is 5. The monoisotopic (exact) mass is 342 g/mol. The maximum Gasteiger partial charge on any atom is 0.320 e. The zero-order valence-electron chi connectivity index (χ0n) is 14.3. The summed E-state index contributed by atoms with van der Waals surface area (Å²) < 4.78 is 6.04. The molecule has 0 bridgehead atoms. The van der Waals surface area contributed by atoms with Crippen molar-refractivity contribution in [2.24, 2.45) is 0 Å². The average molecular weight is 342 g/mol. The average Bonchev–Trinajstić information content (AvgIpc) is 3.01. The first-order valence-corrected chi connectivity index (χ1v) is 8.31. The van der Waals surface area contributed by atoms with E-state index < -0.39 is 0 Å². The third-order valence-electron chi connectivity index (χ3n) is 4.29. The van der Waals surface area contributed by atoms with Gasteiger partial charge in [-0.2, -0.15) is 0 Å². The molecule has 7 heteroatoms. The Labute approximate surface area is 146 Å². The fourth-order valence-electron chi connectivity index (χ4n) is 3.04. The standard InChI is InChI=1S/C18H22N4O3/c1-11-5-14(9-20-8-11)25-16-7-17(22-18(24)19-2)21-10-15(16)12-3-4-13(23)6-12/h5,7-10,12-13,23H,3-4,6H2,1-2H3,(H2,19,21,22,24)/t12-,13-/m1/s1. The van der Waals surface area contributed by atoms with Crippen molar-refractivity contribution < 1.29 is 14.6 Å². The van der Waals surface area contributed by atoms with Crippen LogP contribution >= 0.6 is 0 Å². The molecule has 0 aromatic carbocycles. The van der Waals surface area contributed by atoms with Gasteiger partial charge in [-0.1, -0.05) is 0 Å². The maximum atomic E-state index is 11.5. The molecule has 7 nitrogen and oxygen atoms in total. The quantitative estimate of drug-likeness (QED) is 0.794. The SMILES string of the molecule is CNC(=O)Nc1cc(Oc2cncc(C)c2)c([C@@H]2CC[C@@H](O)C2)cn1. The number of anilines is 1. The van der Waals surface area contributed by atoms with Crippen molar-refractivity contribution in [2.45, 2.75) is 38.2 Å². The summed E-state index contributed by atoms with van der Waals surface area (Å²) in [6.07, 6.45) is 7.17. The molecule has 1 saturated carbocycles. The van der Waals surface area contributed by atoms with Crippen LogP contribution in [0.15, 0.2) is 30.7 Å². The number of ether oxygens (including phenoxy) is 1. The summed E-state index contributed by atoms with van der Waals surface area (Å²) in [5.41, 5.74) is 1.92. The minimum atomic E-state index is -0.347. The second kappa shape index (κ2) is 7.48. The highest BCUT2D eigenvalue weighted by Crippen LogP contribution is 2.40. The van der Waals surface area contributed by atoms with Crippen LogP contribution in [-0.2, 0) is 0 Å². The van der Waals surface area contributed by atoms with Crippen LogP contribution < -0.4 is 15.4 Å². The Balaban J connectivity index is 1.92. The van der Waals surface area contributed by atoms with Crippen LogP contribution in [0.25, 0.3) is 0 Å². The summed E-state index contributed by atoms with van der Waals surface area (Å²) in [6.45, 7) is 1.94. The first kappa shape index (κ1) is 17.2. The third-order valence-corrected chi connectivity index (χ3v) is 4.29. The van der Waals surface area contributed by atoms with E-state index in [1.807, 2.05) is 13.0 Å². The summed E-state index contributed by atoms with van der Waals surface area (Å²) >= 11 is 0. The molecule has 1 aliphatic carbocycles. The second-order valence-electron chi connectivity index (χ2n) is 6.28. The van der Waals surface area contributed by atoms with Gasteiger partial charge in [0.1, 0.15) is 17.3 Å². The molecule has 2 heterocycles. The van der Waals surface area contributed by atoms with Gasteiger partial charge in [0, 0.05) is 31.1 Å². The molecule has 0 aliphatic heterocycles. The van der Waals surface area contributed by atoms with Gasteiger partial charge >= 0.3 is 6.03 Å². The van der Waals surface area contributed by atoms with E-state index in [0.29, 0.717) is 23.7 Å². The number of carbonyl (C=O) groups is 1. The molecule has 25 heavy (non-hydrogen) atoms. The zero-order valence-corrected chi connectivity index (χ0v) is 14.3. The fraction of sp³-hybridized carbons (Fsp3) is 0.389. The van der Waals surface area contributed by atoms with Gasteiger partial charge in [0.15, 0.2) is 0 Å². The predicted octanol–water partition coefficient (Wildman–Crippen LogP) is 2.96. The van der Waals surface area contributed by atoms with Crippen molar-refractivity contribution in [1.82, 2.24) is 15.3 Å². The van der Waals surface area contributed by atoms with Crippen LogP contribution in [0.4, 0.5) is 10.6 Å². The lowest BCUT2D eigenvalue weighted by Crippen LogP contribution is -2.25. The molecule has 2 aromatic rings. The highest BCUT2D eigenvalue weighted by Gasteiger charge is 2.27. The van der Waals surface area contributed by atoms with E-state index in [1.165, 1.54) is 0 Å². The lowest BCUT2D eigenvalue weighted by molar-refractivity contribution is 0.181. The van der Waals surface area contributed by atoms with Crippen molar-refractivity contribution in [3.05, 3.63) is 41.9 Å². The Bertz CT molecular complexity index is 766. The third kappa shape index (κ3) is 4.24. The number of nitrogens with zero attached hydrogens (tertiary/aromatic N) is 2. The predicted molar refractivity (Wildman–Crippen MR) is 94.0 cm³/mol. The molecule has 2 atom stereocenters. The number of urea groups is 1. The number of aryl methyl sites for hydroxylation is 1. The molecule has 132 valence electrons. The van der Waals surface area contributed by atoms with Crippen molar-refractivity contribution >= 4 is 11.8 Å². The fourth-order valence-corrected chi connectivity index (χ4v) is 3.04. The number of pyridine rings is 2. The van der Waals surface area contributed by atoms with Crippen LogP contribution in [0, 0.1) is 6.92 Å². The van der Waals surface area contributed by atoms with E-state index in [4.69, 9.17) is 4.74 Å². The van der Waals surface area contributed by atoms with Crippen molar-refractivity contribution in [1.29, 1.82) is 0 Å². The second-order valence-corrected chi connectivity index (χ2v) is 6.28. The van der Waals surface area contributed by atoms with Gasteiger partial charge in [0.25, 0.3) is 0 Å². The number of aromatic nitrogens is 2. The number of aliphatic hydroxyl groups is 1. The van der Waals surface area contributed by atoms with Gasteiger partial charge in [-0.3, -0.25) is 10.3 Å². The topological polar surface area (TPSA) is 96.4 Å². The normalized spacial score (nSPS) is 19.5. The first-order chi connectivity index (χ1) is 12.0. The van der Waals surface area contributed by atoms with E-state index in [-0.39, 0.29) is 18.1 Å². The number of amides is 2. The number of hydrogen-bond donors (Lipinski definition) is 3. The molecule has 2 amide bonds. The molecule has 1 fully saturated rings. The maximum absolute atomic E-state index is 11.5. The largest absolute Gasteiger partial charge is 0.455 e. The van der Waals surface area contributed by atoms with E-state index in [0.717, 1.165) is 24.0 Å². The van der Waals surface area contributed by atoms with E-state index >= 15 is 0 Å². The molecular formula is C18H22N4O3. The lowest BCUT2D eigenvalue weighted by Gasteiger charge is -2.17. The summed E-state index contributed by atoms with van der Waals surface area (Å²) in [7, 11) is 1.54. The number of aliphatic hydroxyl groups excluding tert-OH is 1. The Morgan fingerprint density at radius 3 is 2.80 bits per heavy atom. The Hall–Kier alpha value is -2.67. The van der Waals surface area contributed by atoms with Gasteiger partial charge < -0.3 is 15.2 Å². The minimum absolute atomic E-state index is 0.185. The van der Waals surface area contributed by atoms with Crippen LogP contribution in [0.3, 0.4) is 0 Å². The Morgan fingerprint density at radius 1 is 1.28 bits per heavy atom. The molecule has 0 saturated heterocycles. The summed E-state index contributed by atoms with van der Waals surface area (Å²) in [6, 6.07) is 3.25. The Morgan fingerprint density at radius 2 is 2.12 bits per heavy atom. The highest BCUT2D eigenvalue weighted by atomic mass is 16.5. The van der Waals surface area contributed by atoms with Crippen molar-refractivity contribution in [3.63, 3.8) is 0 Å². The minimum Gasteiger partial charge on any atom is -0.455 e. The summed E-state index contributed by atoms with van der Waals surface area (Å²) in [4.78, 5) is 20.0. The van der Waals surface area contributed by atoms with Gasteiger partial charge in [-0.25, -0.2) is 9.78 Å². The van der Waals surface area contributed by atoms with E-state index in [9.17, 15) is 9.90 Å². The van der Waals surface area contributed by atoms with Gasteiger partial charge in [0.05, 0.1) is 12.3 Å². The van der Waals surface area contributed by atoms with Gasteiger partial charge in [-0.05, 0) is 43.7 Å². The summed E-state index contributed by atoms with van der Waals surface area (Å²) in [5.74, 6) is 1.83. The van der Waals surface area contributed by atoms with Crippen LogP contribution in [0.2, 0.25) is 0 Å². The van der Waals surface area contributed by atoms with Crippen molar-refractivity contribution in [2.75, 3.05) is 12.4 Å². The van der Waals surface area contributed by atoms with E-state index in [2.05, 4.69) is 20.6 Å². The van der Waals surface area contributed by atoms with Crippen LogP contribution in [0.5, 0.6) is 11.5 Å². The smallest absolute Gasteiger partial charge is 0.320 e. The molecule has 0 radical (unpaired) electrons. The Kier molecular flexibility index (Phi) is 5.14. The number of rotatable bonds is 4. The van der Waals surface area contributed by atoms with Gasteiger partial charge in [-0.15, -0.1) is 0 Å². The van der Waals surface area contributed by atoms with Crippen molar-refractivity contribution in [3.8, 4) is 11.5 Å². The lowest BCUT2D eigenvalue weighted by atomic mass is 9.98. The molecule has 3 N–H and O–H groups in total.